The molecular formula is C19H16LiN. The fourth-order valence-corrected chi connectivity index (χ4v) is 2.56. The molecule has 3 rings (SSSR count). The second-order valence-electron chi connectivity index (χ2n) is 4.85. The first-order valence-corrected chi connectivity index (χ1v) is 6.73. The fourth-order valence-electron chi connectivity index (χ4n) is 2.56. The molecule has 0 amide bonds. The third-order valence-corrected chi connectivity index (χ3v) is 3.62. The van der Waals surface area contributed by atoms with Gasteiger partial charge in [-0.25, -0.2) is 0 Å². The maximum Gasteiger partial charge on any atom is 1.00 e. The van der Waals surface area contributed by atoms with Gasteiger partial charge in [-0.3, -0.25) is 0 Å². The molecule has 1 N–H and O–H groups in total. The average molecular weight is 265 g/mol. The van der Waals surface area contributed by atoms with Gasteiger partial charge in [-0.15, -0.1) is 0 Å². The van der Waals surface area contributed by atoms with Crippen molar-refractivity contribution in [3.63, 3.8) is 0 Å². The minimum absolute atomic E-state index is 0. The van der Waals surface area contributed by atoms with E-state index in [1.807, 2.05) is 91.0 Å². The molecule has 0 aromatic heterocycles. The van der Waals surface area contributed by atoms with E-state index < -0.39 is 5.54 Å². The Morgan fingerprint density at radius 3 is 0.952 bits per heavy atom. The van der Waals surface area contributed by atoms with Crippen LogP contribution in [0.5, 0.6) is 0 Å². The van der Waals surface area contributed by atoms with Gasteiger partial charge in [0, 0.05) is 0 Å². The predicted molar refractivity (Wildman–Crippen MR) is 83.5 cm³/mol. The summed E-state index contributed by atoms with van der Waals surface area (Å²) in [7, 11) is 0. The first-order valence-electron chi connectivity index (χ1n) is 6.73. The molecular weight excluding hydrogens is 249 g/mol. The van der Waals surface area contributed by atoms with Crippen LogP contribution < -0.4 is 18.9 Å². The molecule has 0 unspecified atom stereocenters. The van der Waals surface area contributed by atoms with E-state index >= 15 is 0 Å². The van der Waals surface area contributed by atoms with Crippen molar-refractivity contribution in [1.82, 2.24) is 0 Å². The van der Waals surface area contributed by atoms with E-state index in [9.17, 15) is 0 Å². The van der Waals surface area contributed by atoms with Crippen LogP contribution in [0.1, 0.15) is 16.7 Å². The Labute approximate surface area is 138 Å². The number of nitrogens with one attached hydrogen (secondary N) is 1. The summed E-state index contributed by atoms with van der Waals surface area (Å²) in [6, 6.07) is 30.0. The molecule has 0 saturated carbocycles. The van der Waals surface area contributed by atoms with Crippen molar-refractivity contribution in [2.45, 2.75) is 5.54 Å². The third kappa shape index (κ3) is 2.96. The van der Waals surface area contributed by atoms with Gasteiger partial charge in [0.2, 0.25) is 0 Å². The molecule has 0 bridgehead atoms. The SMILES string of the molecule is [Li+].[NH-]C(c1ccccc1)(c1ccccc1)c1ccccc1. The number of hydrogen-bond donors (Lipinski definition) is 0. The smallest absolute Gasteiger partial charge is 0.660 e. The Morgan fingerprint density at radius 2 is 0.714 bits per heavy atom. The van der Waals surface area contributed by atoms with Crippen molar-refractivity contribution in [1.29, 1.82) is 0 Å². The summed E-state index contributed by atoms with van der Waals surface area (Å²) in [6.07, 6.45) is 0. The van der Waals surface area contributed by atoms with Crippen molar-refractivity contribution in [3.8, 4) is 0 Å². The van der Waals surface area contributed by atoms with Crippen molar-refractivity contribution in [2.24, 2.45) is 0 Å². The van der Waals surface area contributed by atoms with Gasteiger partial charge in [-0.1, -0.05) is 108 Å². The summed E-state index contributed by atoms with van der Waals surface area (Å²) in [4.78, 5) is 0. The average Bonchev–Trinajstić information content (AvgIpc) is 2.56. The second-order valence-corrected chi connectivity index (χ2v) is 4.85. The van der Waals surface area contributed by atoms with Crippen LogP contribution in [0.4, 0.5) is 0 Å². The maximum atomic E-state index is 9.14. The molecule has 3 aromatic rings. The minimum Gasteiger partial charge on any atom is -0.660 e. The zero-order valence-corrected chi connectivity index (χ0v) is 12.2. The molecule has 0 fully saturated rings. The van der Waals surface area contributed by atoms with Gasteiger partial charge in [-0.2, -0.15) is 0 Å². The third-order valence-electron chi connectivity index (χ3n) is 3.62. The molecule has 0 atom stereocenters. The fraction of sp³-hybridized carbons (Fsp3) is 0.0526. The minimum atomic E-state index is -0.871. The van der Waals surface area contributed by atoms with Gasteiger partial charge >= 0.3 is 18.9 Å². The van der Waals surface area contributed by atoms with Gasteiger partial charge in [0.05, 0.1) is 0 Å². The van der Waals surface area contributed by atoms with Crippen LogP contribution in [0.25, 0.3) is 5.73 Å². The quantitative estimate of drug-likeness (QED) is 0.511. The van der Waals surface area contributed by atoms with Crippen molar-refractivity contribution in [3.05, 3.63) is 113 Å². The van der Waals surface area contributed by atoms with Gasteiger partial charge < -0.3 is 5.73 Å². The monoisotopic (exact) mass is 265 g/mol. The molecule has 0 saturated heterocycles. The first kappa shape index (κ1) is 15.6. The zero-order chi connectivity index (χ0) is 13.8. The molecule has 0 aliphatic rings. The second kappa shape index (κ2) is 6.78. The molecule has 98 valence electrons. The Morgan fingerprint density at radius 1 is 0.476 bits per heavy atom. The van der Waals surface area contributed by atoms with E-state index in [2.05, 4.69) is 0 Å². The van der Waals surface area contributed by atoms with Gasteiger partial charge in [0.1, 0.15) is 0 Å². The van der Waals surface area contributed by atoms with Crippen LogP contribution >= 0.6 is 0 Å². The molecule has 2 heteroatoms. The Kier molecular flexibility index (Phi) is 5.04. The van der Waals surface area contributed by atoms with Gasteiger partial charge in [0.25, 0.3) is 0 Å². The Bertz CT molecular complexity index is 569. The molecule has 3 aromatic carbocycles. The molecule has 21 heavy (non-hydrogen) atoms. The number of hydrogen-bond acceptors (Lipinski definition) is 0. The summed E-state index contributed by atoms with van der Waals surface area (Å²) in [6.45, 7) is 0. The largest absolute Gasteiger partial charge is 1.00 e. The van der Waals surface area contributed by atoms with Crippen molar-refractivity contribution < 1.29 is 18.9 Å². The van der Waals surface area contributed by atoms with Gasteiger partial charge in [-0.05, 0) is 5.54 Å². The van der Waals surface area contributed by atoms with Gasteiger partial charge in [0.15, 0.2) is 0 Å². The molecule has 1 nitrogen and oxygen atoms in total. The molecule has 0 radical (unpaired) electrons. The first-order chi connectivity index (χ1) is 9.82. The van der Waals surface area contributed by atoms with E-state index in [1.165, 1.54) is 0 Å². The molecule has 0 aliphatic heterocycles. The van der Waals surface area contributed by atoms with E-state index in [1.54, 1.807) is 0 Å². The topological polar surface area (TPSA) is 23.8 Å². The van der Waals surface area contributed by atoms with Crippen LogP contribution in [0.2, 0.25) is 0 Å². The molecule has 0 heterocycles. The van der Waals surface area contributed by atoms with Crippen molar-refractivity contribution in [2.75, 3.05) is 0 Å². The number of rotatable bonds is 3. The van der Waals surface area contributed by atoms with E-state index in [0.717, 1.165) is 16.7 Å². The molecule has 0 aliphatic carbocycles. The summed E-state index contributed by atoms with van der Waals surface area (Å²) >= 11 is 0. The Hall–Kier alpha value is -1.78. The predicted octanol–water partition coefficient (Wildman–Crippen LogP) is 2.03. The Balaban J connectivity index is 0.00000161. The van der Waals surface area contributed by atoms with Crippen LogP contribution in [-0.2, 0) is 5.54 Å². The van der Waals surface area contributed by atoms with Crippen molar-refractivity contribution >= 4 is 0 Å². The summed E-state index contributed by atoms with van der Waals surface area (Å²) in [5.74, 6) is 0. The van der Waals surface area contributed by atoms with E-state index in [0.29, 0.717) is 0 Å². The summed E-state index contributed by atoms with van der Waals surface area (Å²) in [5.41, 5.74) is 11.2. The summed E-state index contributed by atoms with van der Waals surface area (Å²) < 4.78 is 0. The van der Waals surface area contributed by atoms with Crippen LogP contribution in [0.3, 0.4) is 0 Å². The normalized spacial score (nSPS) is 10.7. The van der Waals surface area contributed by atoms with E-state index in [4.69, 9.17) is 5.73 Å². The zero-order valence-electron chi connectivity index (χ0n) is 12.2. The summed E-state index contributed by atoms with van der Waals surface area (Å²) in [5, 5.41) is 0. The van der Waals surface area contributed by atoms with E-state index in [-0.39, 0.29) is 18.9 Å². The number of benzene rings is 3. The molecule has 0 spiro atoms. The van der Waals surface area contributed by atoms with Crippen LogP contribution in [0.15, 0.2) is 91.0 Å². The van der Waals surface area contributed by atoms with Crippen LogP contribution in [-0.4, -0.2) is 0 Å². The van der Waals surface area contributed by atoms with Crippen LogP contribution in [0, 0.1) is 0 Å². The standard InChI is InChI=1S/C19H16N.Li/c20-19(16-10-4-1-5-11-16,17-12-6-2-7-13-17)18-14-8-3-9-15-18;/h1-15,20H;/q-1;+1. The maximum absolute atomic E-state index is 9.14.